The molecule has 1 fully saturated rings. The van der Waals surface area contributed by atoms with Crippen molar-refractivity contribution in [3.05, 3.63) is 100 Å². The summed E-state index contributed by atoms with van der Waals surface area (Å²) in [7, 11) is 0. The standard InChI is InChI=1S/C29H28FNO4/c1-17(2)16-35-24-12-11-21(14-19(24)4)27(32)25-26(20-8-5-7-18(3)13-20)31(29(34)28(25)33)23-10-6-9-22(30)15-23/h5-15,17,26,32H,16H2,1-4H3/b27-25+. The summed E-state index contributed by atoms with van der Waals surface area (Å²) >= 11 is 0. The van der Waals surface area contributed by atoms with Crippen LogP contribution in [-0.2, 0) is 9.59 Å². The van der Waals surface area contributed by atoms with Crippen molar-refractivity contribution < 1.29 is 23.8 Å². The van der Waals surface area contributed by atoms with Gasteiger partial charge in [0.25, 0.3) is 11.7 Å². The highest BCUT2D eigenvalue weighted by Gasteiger charge is 2.47. The van der Waals surface area contributed by atoms with E-state index in [4.69, 9.17) is 4.74 Å². The Morgan fingerprint density at radius 1 is 1.03 bits per heavy atom. The van der Waals surface area contributed by atoms with Crippen molar-refractivity contribution in [3.63, 3.8) is 0 Å². The molecule has 0 aromatic heterocycles. The average molecular weight is 474 g/mol. The summed E-state index contributed by atoms with van der Waals surface area (Å²) in [5.41, 5.74) is 2.96. The van der Waals surface area contributed by atoms with Crippen LogP contribution in [0.4, 0.5) is 10.1 Å². The summed E-state index contributed by atoms with van der Waals surface area (Å²) in [6.07, 6.45) is 0. The number of Topliss-reactive ketones (excluding diaryl/α,β-unsaturated/α-hetero) is 1. The zero-order valence-electron chi connectivity index (χ0n) is 20.2. The van der Waals surface area contributed by atoms with Gasteiger partial charge in [0, 0.05) is 11.3 Å². The van der Waals surface area contributed by atoms with Crippen LogP contribution in [-0.4, -0.2) is 23.4 Å². The number of ketones is 1. The molecule has 180 valence electrons. The van der Waals surface area contributed by atoms with E-state index < -0.39 is 23.5 Å². The van der Waals surface area contributed by atoms with Gasteiger partial charge < -0.3 is 9.84 Å². The van der Waals surface area contributed by atoms with Crippen molar-refractivity contribution in [2.75, 3.05) is 11.5 Å². The molecule has 1 amide bonds. The predicted octanol–water partition coefficient (Wildman–Crippen LogP) is 6.10. The van der Waals surface area contributed by atoms with Crippen LogP contribution in [0.3, 0.4) is 0 Å². The normalized spacial score (nSPS) is 17.3. The van der Waals surface area contributed by atoms with Crippen LogP contribution in [0.2, 0.25) is 0 Å². The first-order chi connectivity index (χ1) is 16.7. The first kappa shape index (κ1) is 24.2. The Labute approximate surface area is 204 Å². The molecule has 1 atom stereocenters. The van der Waals surface area contributed by atoms with Crippen LogP contribution in [0.5, 0.6) is 5.75 Å². The highest BCUT2D eigenvalue weighted by Crippen LogP contribution is 2.42. The fourth-order valence-electron chi connectivity index (χ4n) is 4.25. The summed E-state index contributed by atoms with van der Waals surface area (Å²) in [5.74, 6) is -1.41. The van der Waals surface area contributed by atoms with Crippen molar-refractivity contribution in [2.24, 2.45) is 5.92 Å². The Hall–Kier alpha value is -3.93. The van der Waals surface area contributed by atoms with Gasteiger partial charge in [-0.05, 0) is 67.3 Å². The minimum atomic E-state index is -0.908. The Bertz CT molecular complexity index is 1330. The molecule has 1 N–H and O–H groups in total. The third-order valence-electron chi connectivity index (χ3n) is 5.91. The maximum Gasteiger partial charge on any atom is 0.300 e. The molecule has 5 nitrogen and oxygen atoms in total. The molecule has 1 heterocycles. The fraction of sp³-hybridized carbons (Fsp3) is 0.241. The molecule has 6 heteroatoms. The summed E-state index contributed by atoms with van der Waals surface area (Å²) in [6.45, 7) is 8.42. The number of aliphatic hydroxyl groups excluding tert-OH is 1. The van der Waals surface area contributed by atoms with Crippen LogP contribution >= 0.6 is 0 Å². The summed E-state index contributed by atoms with van der Waals surface area (Å²) in [6, 6.07) is 17.1. The number of hydrogen-bond acceptors (Lipinski definition) is 4. The topological polar surface area (TPSA) is 66.8 Å². The van der Waals surface area contributed by atoms with Gasteiger partial charge in [0.1, 0.15) is 17.3 Å². The highest BCUT2D eigenvalue weighted by atomic mass is 19.1. The fourth-order valence-corrected chi connectivity index (χ4v) is 4.25. The van der Waals surface area contributed by atoms with Gasteiger partial charge in [0.05, 0.1) is 18.2 Å². The number of ether oxygens (including phenoxy) is 1. The van der Waals surface area contributed by atoms with Crippen molar-refractivity contribution in [3.8, 4) is 5.75 Å². The van der Waals surface area contributed by atoms with Gasteiger partial charge >= 0.3 is 0 Å². The molecular weight excluding hydrogens is 445 g/mol. The van der Waals surface area contributed by atoms with E-state index in [0.29, 0.717) is 29.4 Å². The van der Waals surface area contributed by atoms with Crippen LogP contribution in [0.25, 0.3) is 5.76 Å². The molecule has 35 heavy (non-hydrogen) atoms. The summed E-state index contributed by atoms with van der Waals surface area (Å²) < 4.78 is 19.9. The second kappa shape index (κ2) is 9.74. The van der Waals surface area contributed by atoms with Gasteiger partial charge in [0.2, 0.25) is 0 Å². The molecular formula is C29H28FNO4. The van der Waals surface area contributed by atoms with Crippen LogP contribution in [0.1, 0.15) is 42.1 Å². The minimum Gasteiger partial charge on any atom is -0.507 e. The maximum absolute atomic E-state index is 14.1. The lowest BCUT2D eigenvalue weighted by Gasteiger charge is -2.25. The molecule has 3 aromatic carbocycles. The molecule has 0 bridgehead atoms. The SMILES string of the molecule is Cc1cccc(C2/C(=C(\O)c3ccc(OCC(C)C)c(C)c3)C(=O)C(=O)N2c2cccc(F)c2)c1. The van der Waals surface area contributed by atoms with Gasteiger partial charge in [-0.3, -0.25) is 14.5 Å². The number of anilines is 1. The van der Waals surface area contributed by atoms with E-state index in [1.54, 1.807) is 30.3 Å². The molecule has 4 rings (SSSR count). The van der Waals surface area contributed by atoms with Gasteiger partial charge in [0.15, 0.2) is 0 Å². The number of halogens is 1. The number of aryl methyl sites for hydroxylation is 2. The van der Waals surface area contributed by atoms with Crippen molar-refractivity contribution in [1.29, 1.82) is 0 Å². The smallest absolute Gasteiger partial charge is 0.300 e. The monoisotopic (exact) mass is 473 g/mol. The zero-order valence-corrected chi connectivity index (χ0v) is 20.2. The minimum absolute atomic E-state index is 0.0416. The number of benzene rings is 3. The van der Waals surface area contributed by atoms with Crippen LogP contribution in [0, 0.1) is 25.6 Å². The summed E-state index contributed by atoms with van der Waals surface area (Å²) in [5, 5.41) is 11.3. The van der Waals surface area contributed by atoms with Gasteiger partial charge in [-0.2, -0.15) is 0 Å². The number of carbonyl (C=O) groups excluding carboxylic acids is 2. The number of nitrogens with zero attached hydrogens (tertiary/aromatic N) is 1. The van der Waals surface area contributed by atoms with Crippen LogP contribution < -0.4 is 9.64 Å². The van der Waals surface area contributed by atoms with E-state index in [9.17, 15) is 19.1 Å². The lowest BCUT2D eigenvalue weighted by atomic mass is 9.94. The van der Waals surface area contributed by atoms with Crippen molar-refractivity contribution in [2.45, 2.75) is 33.7 Å². The number of aliphatic hydroxyl groups is 1. The second-order valence-corrected chi connectivity index (χ2v) is 9.25. The predicted molar refractivity (Wildman–Crippen MR) is 134 cm³/mol. The number of amides is 1. The Balaban J connectivity index is 1.86. The molecule has 0 radical (unpaired) electrons. The van der Waals surface area contributed by atoms with E-state index in [-0.39, 0.29) is 17.0 Å². The molecule has 1 saturated heterocycles. The third-order valence-corrected chi connectivity index (χ3v) is 5.91. The lowest BCUT2D eigenvalue weighted by molar-refractivity contribution is -0.132. The maximum atomic E-state index is 14.1. The quantitative estimate of drug-likeness (QED) is 0.267. The third kappa shape index (κ3) is 4.83. The summed E-state index contributed by atoms with van der Waals surface area (Å²) in [4.78, 5) is 27.7. The second-order valence-electron chi connectivity index (χ2n) is 9.25. The molecule has 0 saturated carbocycles. The molecule has 0 spiro atoms. The number of rotatable bonds is 6. The van der Waals surface area contributed by atoms with Gasteiger partial charge in [-0.1, -0.05) is 49.7 Å². The lowest BCUT2D eigenvalue weighted by Crippen LogP contribution is -2.29. The van der Waals surface area contributed by atoms with Gasteiger partial charge in [-0.15, -0.1) is 0 Å². The number of carbonyl (C=O) groups is 2. The Morgan fingerprint density at radius 3 is 2.43 bits per heavy atom. The first-order valence-corrected chi connectivity index (χ1v) is 11.5. The van der Waals surface area contributed by atoms with E-state index >= 15 is 0 Å². The van der Waals surface area contributed by atoms with Gasteiger partial charge in [-0.25, -0.2) is 4.39 Å². The van der Waals surface area contributed by atoms with Crippen molar-refractivity contribution >= 4 is 23.1 Å². The largest absolute Gasteiger partial charge is 0.507 e. The molecule has 0 aliphatic carbocycles. The molecule has 1 aliphatic heterocycles. The average Bonchev–Trinajstić information content (AvgIpc) is 3.08. The van der Waals surface area contributed by atoms with E-state index in [1.165, 1.54) is 23.1 Å². The molecule has 1 unspecified atom stereocenters. The van der Waals surface area contributed by atoms with E-state index in [0.717, 1.165) is 11.1 Å². The first-order valence-electron chi connectivity index (χ1n) is 11.5. The number of hydrogen-bond donors (Lipinski definition) is 1. The van der Waals surface area contributed by atoms with Crippen LogP contribution in [0.15, 0.2) is 72.3 Å². The van der Waals surface area contributed by atoms with Crippen molar-refractivity contribution in [1.82, 2.24) is 0 Å². The Kier molecular flexibility index (Phi) is 6.74. The van der Waals surface area contributed by atoms with E-state index in [2.05, 4.69) is 13.8 Å². The highest BCUT2D eigenvalue weighted by molar-refractivity contribution is 6.51. The molecule has 1 aliphatic rings. The van der Waals surface area contributed by atoms with E-state index in [1.807, 2.05) is 32.0 Å². The molecule has 3 aromatic rings. The Morgan fingerprint density at radius 2 is 1.77 bits per heavy atom. The zero-order chi connectivity index (χ0) is 25.3.